The molecule has 2 amide bonds. The van der Waals surface area contributed by atoms with Crippen molar-refractivity contribution in [3.63, 3.8) is 0 Å². The molecule has 1 heterocycles. The molecule has 0 aliphatic heterocycles. The summed E-state index contributed by atoms with van der Waals surface area (Å²) in [6, 6.07) is 23.8. The first-order valence-corrected chi connectivity index (χ1v) is 14.9. The second kappa shape index (κ2) is 14.2. The van der Waals surface area contributed by atoms with Crippen LogP contribution in [0.5, 0.6) is 0 Å². The van der Waals surface area contributed by atoms with Crippen molar-refractivity contribution in [3.05, 3.63) is 107 Å². The maximum absolute atomic E-state index is 13.1. The molecule has 4 aromatic rings. The number of thiazole rings is 1. The van der Waals surface area contributed by atoms with Crippen LogP contribution in [0, 0.1) is 11.8 Å². The van der Waals surface area contributed by atoms with E-state index in [2.05, 4.69) is 26.9 Å². The number of nitrogens with zero attached hydrogens (tertiary/aromatic N) is 2. The number of anilines is 1. The third-order valence-corrected chi connectivity index (χ3v) is 7.19. The molecule has 42 heavy (non-hydrogen) atoms. The van der Waals surface area contributed by atoms with Crippen LogP contribution >= 0.6 is 11.3 Å². The van der Waals surface area contributed by atoms with Gasteiger partial charge < -0.3 is 4.74 Å². The molecule has 3 aromatic carbocycles. The highest BCUT2D eigenvalue weighted by Crippen LogP contribution is 2.28. The van der Waals surface area contributed by atoms with E-state index >= 15 is 0 Å². The third kappa shape index (κ3) is 9.10. The van der Waals surface area contributed by atoms with Crippen molar-refractivity contribution in [1.82, 2.24) is 10.3 Å². The maximum atomic E-state index is 13.1. The van der Waals surface area contributed by atoms with Gasteiger partial charge in [0.05, 0.1) is 18.5 Å². The van der Waals surface area contributed by atoms with Crippen LogP contribution in [0.4, 0.5) is 10.5 Å². The van der Waals surface area contributed by atoms with Crippen molar-refractivity contribution in [2.24, 2.45) is 4.99 Å². The Morgan fingerprint density at radius 1 is 1.05 bits per heavy atom. The zero-order valence-corrected chi connectivity index (χ0v) is 23.9. The van der Waals surface area contributed by atoms with Crippen LogP contribution in [0.15, 0.2) is 95.3 Å². The van der Waals surface area contributed by atoms with Crippen molar-refractivity contribution in [2.45, 2.75) is 18.4 Å². The zero-order chi connectivity index (χ0) is 30.0. The highest BCUT2D eigenvalue weighted by atomic mass is 32.2. The molecular weight excluding hydrogens is 576 g/mol. The molecule has 12 heteroatoms. The fourth-order valence-corrected chi connectivity index (χ4v) is 5.09. The first-order chi connectivity index (χ1) is 20.2. The van der Waals surface area contributed by atoms with Gasteiger partial charge in [-0.25, -0.2) is 14.8 Å². The van der Waals surface area contributed by atoms with E-state index in [4.69, 9.17) is 9.54 Å². The van der Waals surface area contributed by atoms with Gasteiger partial charge >= 0.3 is 16.4 Å². The Hall–Kier alpha value is -4.83. The molecule has 4 rings (SSSR count). The molecule has 1 aromatic heterocycles. The zero-order valence-electron chi connectivity index (χ0n) is 22.3. The van der Waals surface area contributed by atoms with Crippen LogP contribution < -0.4 is 10.0 Å². The van der Waals surface area contributed by atoms with E-state index in [0.29, 0.717) is 17.7 Å². The Morgan fingerprint density at radius 2 is 1.71 bits per heavy atom. The Bertz CT molecular complexity index is 1710. The van der Waals surface area contributed by atoms with Crippen molar-refractivity contribution >= 4 is 45.5 Å². The number of hydrogen-bond acceptors (Lipinski definition) is 7. The van der Waals surface area contributed by atoms with Crippen LogP contribution in [-0.4, -0.2) is 49.3 Å². The minimum Gasteiger partial charge on any atom is -0.453 e. The van der Waals surface area contributed by atoms with Gasteiger partial charge in [0.25, 0.3) is 5.91 Å². The van der Waals surface area contributed by atoms with E-state index in [-0.39, 0.29) is 5.69 Å². The number of aromatic nitrogens is 1. The monoisotopic (exact) mass is 602 g/mol. The van der Waals surface area contributed by atoms with Crippen LogP contribution in [0.25, 0.3) is 10.6 Å². The number of methoxy groups -OCH3 is 1. The summed E-state index contributed by atoms with van der Waals surface area (Å²) in [5.74, 6) is 4.47. The molecule has 214 valence electrons. The van der Waals surface area contributed by atoms with Gasteiger partial charge in [-0.15, -0.1) is 11.3 Å². The minimum atomic E-state index is -4.41. The summed E-state index contributed by atoms with van der Waals surface area (Å²) in [5, 5.41) is 5.09. The molecule has 0 aliphatic carbocycles. The number of alkyl carbamates (subject to hydrolysis) is 1. The Labute approximate surface area is 247 Å². The van der Waals surface area contributed by atoms with Crippen LogP contribution in [0.1, 0.15) is 22.7 Å². The lowest BCUT2D eigenvalue weighted by Gasteiger charge is -2.12. The van der Waals surface area contributed by atoms with Crippen LogP contribution in [-0.2, 0) is 26.3 Å². The summed E-state index contributed by atoms with van der Waals surface area (Å²) < 4.78 is 37.9. The van der Waals surface area contributed by atoms with Gasteiger partial charge in [-0.2, -0.15) is 8.42 Å². The third-order valence-electron chi connectivity index (χ3n) is 5.79. The molecule has 0 spiro atoms. The lowest BCUT2D eigenvalue weighted by Crippen LogP contribution is -2.39. The number of nitrogens with one attached hydrogen (secondary N) is 2. The minimum absolute atomic E-state index is 0.190. The molecule has 0 fully saturated rings. The van der Waals surface area contributed by atoms with E-state index in [9.17, 15) is 18.0 Å². The van der Waals surface area contributed by atoms with Gasteiger partial charge in [0.1, 0.15) is 5.01 Å². The number of benzene rings is 3. The molecular formula is C30H26N4O6S2. The second-order valence-electron chi connectivity index (χ2n) is 8.85. The number of ether oxygens (including phenoxy) is 1. The summed E-state index contributed by atoms with van der Waals surface area (Å²) >= 11 is 1.45. The van der Waals surface area contributed by atoms with Crippen molar-refractivity contribution in [3.8, 4) is 22.4 Å². The van der Waals surface area contributed by atoms with Crippen molar-refractivity contribution in [1.29, 1.82) is 0 Å². The number of aliphatic imine (C=N–C) groups is 1. The predicted molar refractivity (Wildman–Crippen MR) is 162 cm³/mol. The molecule has 0 radical (unpaired) electrons. The lowest BCUT2D eigenvalue weighted by atomic mass is 9.97. The lowest BCUT2D eigenvalue weighted by molar-refractivity contribution is -0.118. The topological polar surface area (TPSA) is 147 Å². The normalized spacial score (nSPS) is 12.5. The molecule has 0 saturated heterocycles. The highest BCUT2D eigenvalue weighted by molar-refractivity contribution is 7.87. The smallest absolute Gasteiger partial charge is 0.408 e. The number of hydrogen-bond donors (Lipinski definition) is 3. The Balaban J connectivity index is 1.61. The number of carbonyl (C=O) groups is 2. The summed E-state index contributed by atoms with van der Waals surface area (Å²) in [4.78, 5) is 34.0. The number of rotatable bonds is 9. The van der Waals surface area contributed by atoms with E-state index < -0.39 is 34.3 Å². The van der Waals surface area contributed by atoms with Gasteiger partial charge in [0.15, 0.2) is 6.04 Å². The molecule has 10 nitrogen and oxygen atoms in total. The highest BCUT2D eigenvalue weighted by Gasteiger charge is 2.20. The summed E-state index contributed by atoms with van der Waals surface area (Å²) in [7, 11) is -3.22. The SMILES string of the molecule is COC(=O)NC(C#Cc1ccccc1)C(=O)N=CC(Cc1ccc(NS(=O)(=O)O)cc1)c1csc(-c2ccccc2)n1. The van der Waals surface area contributed by atoms with E-state index in [1.807, 2.05) is 46.5 Å². The summed E-state index contributed by atoms with van der Waals surface area (Å²) in [5.41, 5.74) is 3.26. The molecule has 0 aliphatic rings. The maximum Gasteiger partial charge on any atom is 0.408 e. The average Bonchev–Trinajstić information content (AvgIpc) is 3.48. The van der Waals surface area contributed by atoms with Gasteiger partial charge in [0, 0.05) is 28.6 Å². The van der Waals surface area contributed by atoms with Crippen LogP contribution in [0.2, 0.25) is 0 Å². The van der Waals surface area contributed by atoms with Gasteiger partial charge in [-0.3, -0.25) is 19.4 Å². The largest absolute Gasteiger partial charge is 0.453 e. The Kier molecular flexibility index (Phi) is 10.2. The van der Waals surface area contributed by atoms with Gasteiger partial charge in [-0.1, -0.05) is 72.5 Å². The number of carbonyl (C=O) groups excluding carboxylic acids is 2. The van der Waals surface area contributed by atoms with Gasteiger partial charge in [-0.05, 0) is 36.2 Å². The molecule has 0 bridgehead atoms. The first-order valence-electron chi connectivity index (χ1n) is 12.5. The molecule has 3 N–H and O–H groups in total. The second-order valence-corrected chi connectivity index (χ2v) is 10.9. The van der Waals surface area contributed by atoms with Crippen molar-refractivity contribution < 1.29 is 27.3 Å². The fraction of sp³-hybridized carbons (Fsp3) is 0.133. The predicted octanol–water partition coefficient (Wildman–Crippen LogP) is 4.72. The van der Waals surface area contributed by atoms with Crippen LogP contribution in [0.3, 0.4) is 0 Å². The first kappa shape index (κ1) is 30.1. The van der Waals surface area contributed by atoms with Gasteiger partial charge in [0.2, 0.25) is 0 Å². The molecule has 2 unspecified atom stereocenters. The molecule has 2 atom stereocenters. The van der Waals surface area contributed by atoms with E-state index in [0.717, 1.165) is 16.1 Å². The number of amides is 2. The Morgan fingerprint density at radius 3 is 2.36 bits per heavy atom. The average molecular weight is 603 g/mol. The summed E-state index contributed by atoms with van der Waals surface area (Å²) in [6.45, 7) is 0. The van der Waals surface area contributed by atoms with E-state index in [1.165, 1.54) is 36.8 Å². The quantitative estimate of drug-likeness (QED) is 0.143. The summed E-state index contributed by atoms with van der Waals surface area (Å²) in [6.07, 6.45) is 1.01. The fourth-order valence-electron chi connectivity index (χ4n) is 3.77. The standard InChI is InChI=1S/C30H26N4O6S2/c1-40-30(36)33-26(17-14-21-8-4-2-5-9-21)28(35)31-19-24(18-22-12-15-25(16-13-22)34-42(37,38)39)27-20-41-29(32-27)23-10-6-3-7-11-23/h2-13,15-16,19-20,24,26,34H,18H2,1H3,(H,33,36)(H,37,38,39). The molecule has 0 saturated carbocycles. The van der Waals surface area contributed by atoms with Crippen molar-refractivity contribution in [2.75, 3.05) is 11.8 Å². The van der Waals surface area contributed by atoms with E-state index in [1.54, 1.807) is 36.4 Å².